The van der Waals surface area contributed by atoms with Gasteiger partial charge in [-0.25, -0.2) is 9.78 Å². The first kappa shape index (κ1) is 15.5. The predicted octanol–water partition coefficient (Wildman–Crippen LogP) is 4.88. The third-order valence-electron chi connectivity index (χ3n) is 3.45. The number of ether oxygens (including phenoxy) is 1. The number of oxazole rings is 1. The van der Waals surface area contributed by atoms with Crippen LogP contribution in [-0.2, 0) is 11.3 Å². The molecule has 1 aromatic carbocycles. The van der Waals surface area contributed by atoms with E-state index in [2.05, 4.69) is 18.8 Å². The van der Waals surface area contributed by atoms with Gasteiger partial charge >= 0.3 is 5.97 Å². The third kappa shape index (κ3) is 3.68. The Balaban J connectivity index is 1.60. The Morgan fingerprint density at radius 2 is 2.04 bits per heavy atom. The summed E-state index contributed by atoms with van der Waals surface area (Å²) in [4.78, 5) is 17.3. The van der Waals surface area contributed by atoms with Crippen LogP contribution in [0.1, 0.15) is 41.4 Å². The van der Waals surface area contributed by atoms with Crippen molar-refractivity contribution >= 4 is 17.3 Å². The van der Waals surface area contributed by atoms with Gasteiger partial charge in [0.2, 0.25) is 5.89 Å². The molecule has 0 saturated heterocycles. The molecule has 0 bridgehead atoms. The molecule has 118 valence electrons. The molecule has 5 heteroatoms. The number of thiophene rings is 1. The molecule has 0 aliphatic heterocycles. The van der Waals surface area contributed by atoms with Crippen LogP contribution < -0.4 is 0 Å². The highest BCUT2D eigenvalue weighted by Gasteiger charge is 2.11. The second-order valence-corrected chi connectivity index (χ2v) is 6.42. The fourth-order valence-electron chi connectivity index (χ4n) is 2.11. The van der Waals surface area contributed by atoms with Gasteiger partial charge in [-0.2, -0.15) is 0 Å². The van der Waals surface area contributed by atoms with Crippen molar-refractivity contribution in [1.82, 2.24) is 4.98 Å². The van der Waals surface area contributed by atoms with Gasteiger partial charge in [-0.3, -0.25) is 0 Å². The number of aromatic nitrogens is 1. The summed E-state index contributed by atoms with van der Waals surface area (Å²) in [7, 11) is 0. The molecule has 3 rings (SSSR count). The summed E-state index contributed by atoms with van der Waals surface area (Å²) in [6.07, 6.45) is 1.52. The first-order chi connectivity index (χ1) is 11.1. The highest BCUT2D eigenvalue weighted by atomic mass is 32.1. The smallest absolute Gasteiger partial charge is 0.338 e. The zero-order valence-electron chi connectivity index (χ0n) is 13.0. The van der Waals surface area contributed by atoms with Gasteiger partial charge in [0, 0.05) is 0 Å². The van der Waals surface area contributed by atoms with E-state index in [4.69, 9.17) is 9.15 Å². The highest BCUT2D eigenvalue weighted by molar-refractivity contribution is 7.13. The van der Waals surface area contributed by atoms with E-state index < -0.39 is 0 Å². The molecular formula is C18H17NO3S. The normalized spacial score (nSPS) is 10.9. The van der Waals surface area contributed by atoms with Gasteiger partial charge in [-0.15, -0.1) is 11.3 Å². The lowest BCUT2D eigenvalue weighted by molar-refractivity contribution is 0.0467. The van der Waals surface area contributed by atoms with E-state index in [0.717, 1.165) is 4.88 Å². The standard InChI is InChI=1S/C18H17NO3S/c1-12(2)13-5-7-14(8-6-13)18(20)22-11-15-10-21-17(19-15)16-4-3-9-23-16/h3-10,12H,11H2,1-2H3. The molecule has 0 unspecified atom stereocenters. The zero-order chi connectivity index (χ0) is 16.2. The van der Waals surface area contributed by atoms with Crippen molar-refractivity contribution in [2.75, 3.05) is 0 Å². The summed E-state index contributed by atoms with van der Waals surface area (Å²) in [5, 5.41) is 1.96. The summed E-state index contributed by atoms with van der Waals surface area (Å²) in [5.41, 5.74) is 2.33. The molecule has 0 aliphatic carbocycles. The maximum absolute atomic E-state index is 12.1. The minimum Gasteiger partial charge on any atom is -0.455 e. The van der Waals surface area contributed by atoms with E-state index in [0.29, 0.717) is 23.1 Å². The summed E-state index contributed by atoms with van der Waals surface area (Å²) in [6, 6.07) is 11.3. The second-order valence-electron chi connectivity index (χ2n) is 5.47. The molecule has 0 saturated carbocycles. The van der Waals surface area contributed by atoms with Crippen molar-refractivity contribution in [2.24, 2.45) is 0 Å². The Kier molecular flexibility index (Phi) is 4.57. The molecule has 0 fully saturated rings. The van der Waals surface area contributed by atoms with E-state index in [1.807, 2.05) is 29.6 Å². The number of hydrogen-bond acceptors (Lipinski definition) is 5. The van der Waals surface area contributed by atoms with Gasteiger partial charge in [0.1, 0.15) is 18.6 Å². The Hall–Kier alpha value is -2.40. The molecule has 2 heterocycles. The van der Waals surface area contributed by atoms with Crippen molar-refractivity contribution < 1.29 is 13.9 Å². The topological polar surface area (TPSA) is 52.3 Å². The molecule has 0 aliphatic rings. The van der Waals surface area contributed by atoms with Gasteiger partial charge < -0.3 is 9.15 Å². The fraction of sp³-hybridized carbons (Fsp3) is 0.222. The van der Waals surface area contributed by atoms with Crippen LogP contribution in [0.15, 0.2) is 52.5 Å². The van der Waals surface area contributed by atoms with Crippen LogP contribution in [0.4, 0.5) is 0 Å². The lowest BCUT2D eigenvalue weighted by Gasteiger charge is -2.06. The number of carbonyl (C=O) groups excluding carboxylic acids is 1. The molecule has 23 heavy (non-hydrogen) atoms. The largest absolute Gasteiger partial charge is 0.455 e. The van der Waals surface area contributed by atoms with Gasteiger partial charge in [-0.05, 0) is 35.1 Å². The molecule has 4 nitrogen and oxygen atoms in total. The molecular weight excluding hydrogens is 310 g/mol. The Bertz CT molecular complexity index is 773. The Morgan fingerprint density at radius 1 is 1.26 bits per heavy atom. The number of carbonyl (C=O) groups is 1. The SMILES string of the molecule is CC(C)c1ccc(C(=O)OCc2coc(-c3cccs3)n2)cc1. The van der Waals surface area contributed by atoms with Crippen molar-refractivity contribution in [3.05, 3.63) is 64.9 Å². The van der Waals surface area contributed by atoms with Gasteiger partial charge in [0.25, 0.3) is 0 Å². The fourth-order valence-corrected chi connectivity index (χ4v) is 2.77. The number of benzene rings is 1. The minimum atomic E-state index is -0.360. The van der Waals surface area contributed by atoms with Crippen LogP contribution >= 0.6 is 11.3 Å². The van der Waals surface area contributed by atoms with E-state index in [1.165, 1.54) is 11.8 Å². The maximum atomic E-state index is 12.1. The maximum Gasteiger partial charge on any atom is 0.338 e. The van der Waals surface area contributed by atoms with E-state index >= 15 is 0 Å². The molecule has 0 spiro atoms. The van der Waals surface area contributed by atoms with Crippen LogP contribution in [0.5, 0.6) is 0 Å². The first-order valence-electron chi connectivity index (χ1n) is 7.39. The molecule has 2 aromatic heterocycles. The number of nitrogens with zero attached hydrogens (tertiary/aromatic N) is 1. The minimum absolute atomic E-state index is 0.0969. The molecule has 0 amide bonds. The van der Waals surface area contributed by atoms with Crippen molar-refractivity contribution in [3.63, 3.8) is 0 Å². The molecule has 0 atom stereocenters. The number of esters is 1. The number of rotatable bonds is 5. The van der Waals surface area contributed by atoms with Crippen LogP contribution in [0.3, 0.4) is 0 Å². The van der Waals surface area contributed by atoms with Gasteiger partial charge in [0.05, 0.1) is 10.4 Å². The molecule has 0 radical (unpaired) electrons. The lowest BCUT2D eigenvalue weighted by atomic mass is 10.0. The van der Waals surface area contributed by atoms with Crippen molar-refractivity contribution in [3.8, 4) is 10.8 Å². The summed E-state index contributed by atoms with van der Waals surface area (Å²) < 4.78 is 10.7. The summed E-state index contributed by atoms with van der Waals surface area (Å²) in [5.74, 6) is 0.624. The van der Waals surface area contributed by atoms with Gasteiger partial charge in [-0.1, -0.05) is 32.0 Å². The third-order valence-corrected chi connectivity index (χ3v) is 4.31. The second kappa shape index (κ2) is 6.79. The summed E-state index contributed by atoms with van der Waals surface area (Å²) >= 11 is 1.55. The van der Waals surface area contributed by atoms with Crippen molar-refractivity contribution in [2.45, 2.75) is 26.4 Å². The van der Waals surface area contributed by atoms with E-state index in [9.17, 15) is 4.79 Å². The predicted molar refractivity (Wildman–Crippen MR) is 89.5 cm³/mol. The Morgan fingerprint density at radius 3 is 2.70 bits per heavy atom. The zero-order valence-corrected chi connectivity index (χ0v) is 13.8. The molecule has 0 N–H and O–H groups in total. The lowest BCUT2D eigenvalue weighted by Crippen LogP contribution is -2.05. The van der Waals surface area contributed by atoms with Crippen LogP contribution in [0.2, 0.25) is 0 Å². The average molecular weight is 327 g/mol. The Labute approximate surface area is 138 Å². The summed E-state index contributed by atoms with van der Waals surface area (Å²) in [6.45, 7) is 4.33. The van der Waals surface area contributed by atoms with Gasteiger partial charge in [0.15, 0.2) is 0 Å². The highest BCUT2D eigenvalue weighted by Crippen LogP contribution is 2.24. The quantitative estimate of drug-likeness (QED) is 0.626. The number of hydrogen-bond donors (Lipinski definition) is 0. The monoisotopic (exact) mass is 327 g/mol. The van der Waals surface area contributed by atoms with Crippen LogP contribution in [-0.4, -0.2) is 11.0 Å². The van der Waals surface area contributed by atoms with Crippen molar-refractivity contribution in [1.29, 1.82) is 0 Å². The first-order valence-corrected chi connectivity index (χ1v) is 8.27. The average Bonchev–Trinajstić information content (AvgIpc) is 3.23. The van der Waals surface area contributed by atoms with E-state index in [1.54, 1.807) is 23.5 Å². The van der Waals surface area contributed by atoms with E-state index in [-0.39, 0.29) is 12.6 Å². The molecule has 3 aromatic rings. The van der Waals surface area contributed by atoms with Crippen LogP contribution in [0, 0.1) is 0 Å². The van der Waals surface area contributed by atoms with Crippen LogP contribution in [0.25, 0.3) is 10.8 Å².